The number of benzene rings is 1. The minimum atomic E-state index is -0.970. The zero-order valence-corrected chi connectivity index (χ0v) is 8.68. The van der Waals surface area contributed by atoms with Crippen molar-refractivity contribution in [1.82, 2.24) is 9.97 Å². The summed E-state index contributed by atoms with van der Waals surface area (Å²) in [6, 6.07) is 6.25. The molecule has 0 spiro atoms. The average molecular weight is 231 g/mol. The Morgan fingerprint density at radius 3 is 2.47 bits per heavy atom. The zero-order valence-electron chi connectivity index (χ0n) is 8.68. The van der Waals surface area contributed by atoms with E-state index in [1.54, 1.807) is 12.1 Å². The number of carboxylic acid groups (broad SMARTS) is 1. The van der Waals surface area contributed by atoms with Crippen LogP contribution < -0.4 is 11.0 Å². The summed E-state index contributed by atoms with van der Waals surface area (Å²) < 4.78 is 0. The molecule has 6 heteroatoms. The van der Waals surface area contributed by atoms with Crippen molar-refractivity contribution in [1.29, 1.82) is 0 Å². The van der Waals surface area contributed by atoms with Crippen LogP contribution in [-0.4, -0.2) is 21.0 Å². The van der Waals surface area contributed by atoms with Gasteiger partial charge in [0.2, 0.25) is 0 Å². The number of nitrogens with zero attached hydrogens (tertiary/aromatic N) is 1. The third kappa shape index (κ3) is 2.69. The molecule has 6 nitrogen and oxygen atoms in total. The second-order valence-electron chi connectivity index (χ2n) is 3.31. The fraction of sp³-hybridized carbons (Fsp3) is 0. The fourth-order valence-corrected chi connectivity index (χ4v) is 1.27. The third-order valence-electron chi connectivity index (χ3n) is 2.09. The minimum absolute atomic E-state index is 0.218. The molecule has 0 saturated carbocycles. The Morgan fingerprint density at radius 1 is 1.24 bits per heavy atom. The van der Waals surface area contributed by atoms with E-state index in [0.717, 1.165) is 0 Å². The summed E-state index contributed by atoms with van der Waals surface area (Å²) in [5.74, 6) is -0.970. The summed E-state index contributed by atoms with van der Waals surface area (Å²) in [6.45, 7) is 0. The molecule has 2 rings (SSSR count). The molecule has 0 atom stereocenters. The average Bonchev–Trinajstić information content (AvgIpc) is 2.33. The lowest BCUT2D eigenvalue weighted by Crippen LogP contribution is -2.08. The number of nitrogens with one attached hydrogen (secondary N) is 2. The summed E-state index contributed by atoms with van der Waals surface area (Å²) in [5, 5.41) is 11.7. The zero-order chi connectivity index (χ0) is 12.3. The van der Waals surface area contributed by atoms with Crippen LogP contribution in [0.1, 0.15) is 10.4 Å². The largest absolute Gasteiger partial charge is 0.478 e. The molecule has 0 saturated heterocycles. The molecular weight excluding hydrogens is 222 g/mol. The second kappa shape index (κ2) is 4.48. The van der Waals surface area contributed by atoms with Gasteiger partial charge in [-0.1, -0.05) is 0 Å². The fourth-order valence-electron chi connectivity index (χ4n) is 1.27. The molecule has 0 amide bonds. The number of aromatic nitrogens is 2. The Bertz CT molecular complexity index is 569. The quantitative estimate of drug-likeness (QED) is 0.738. The lowest BCUT2D eigenvalue weighted by molar-refractivity contribution is 0.0697. The molecule has 17 heavy (non-hydrogen) atoms. The Morgan fingerprint density at radius 2 is 1.94 bits per heavy atom. The van der Waals surface area contributed by atoms with E-state index in [4.69, 9.17) is 5.11 Å². The van der Waals surface area contributed by atoms with Crippen molar-refractivity contribution in [3.63, 3.8) is 0 Å². The maximum absolute atomic E-state index is 10.7. The predicted molar refractivity (Wildman–Crippen MR) is 61.5 cm³/mol. The van der Waals surface area contributed by atoms with Crippen LogP contribution in [0.5, 0.6) is 0 Å². The number of hydrogen-bond donors (Lipinski definition) is 3. The molecule has 86 valence electrons. The highest BCUT2D eigenvalue weighted by molar-refractivity contribution is 5.88. The van der Waals surface area contributed by atoms with E-state index in [1.807, 2.05) is 0 Å². The highest BCUT2D eigenvalue weighted by Gasteiger charge is 2.01. The molecule has 0 unspecified atom stereocenters. The molecule has 0 fully saturated rings. The van der Waals surface area contributed by atoms with E-state index in [2.05, 4.69) is 15.3 Å². The van der Waals surface area contributed by atoms with Crippen LogP contribution in [0, 0.1) is 0 Å². The van der Waals surface area contributed by atoms with Gasteiger partial charge < -0.3 is 15.4 Å². The van der Waals surface area contributed by atoms with Crippen molar-refractivity contribution in [2.75, 3.05) is 5.32 Å². The lowest BCUT2D eigenvalue weighted by Gasteiger charge is -2.05. The molecule has 2 aromatic rings. The Balaban J connectivity index is 2.16. The molecule has 0 radical (unpaired) electrons. The number of rotatable bonds is 3. The van der Waals surface area contributed by atoms with Crippen molar-refractivity contribution >= 4 is 17.3 Å². The van der Waals surface area contributed by atoms with Gasteiger partial charge in [0.25, 0.3) is 0 Å². The number of H-pyrrole nitrogens is 1. The van der Waals surface area contributed by atoms with Crippen molar-refractivity contribution in [3.8, 4) is 0 Å². The second-order valence-corrected chi connectivity index (χ2v) is 3.31. The van der Waals surface area contributed by atoms with Gasteiger partial charge in [0.15, 0.2) is 0 Å². The van der Waals surface area contributed by atoms with E-state index in [1.165, 1.54) is 24.5 Å². The van der Waals surface area contributed by atoms with Gasteiger partial charge in [-0.3, -0.25) is 0 Å². The monoisotopic (exact) mass is 231 g/mol. The van der Waals surface area contributed by atoms with Crippen LogP contribution in [0.4, 0.5) is 11.4 Å². The molecule has 0 bridgehead atoms. The molecular formula is C11H9N3O3. The normalized spacial score (nSPS) is 9.88. The maximum Gasteiger partial charge on any atom is 0.345 e. The van der Waals surface area contributed by atoms with Crippen LogP contribution in [0.3, 0.4) is 0 Å². The number of carboxylic acids is 1. The first-order valence-corrected chi connectivity index (χ1v) is 4.80. The van der Waals surface area contributed by atoms with Gasteiger partial charge in [-0.05, 0) is 24.3 Å². The van der Waals surface area contributed by atoms with Gasteiger partial charge in [0, 0.05) is 11.9 Å². The molecule has 3 N–H and O–H groups in total. The van der Waals surface area contributed by atoms with E-state index in [9.17, 15) is 9.59 Å². The van der Waals surface area contributed by atoms with Gasteiger partial charge in [-0.25, -0.2) is 9.59 Å². The topological polar surface area (TPSA) is 95.1 Å². The first kappa shape index (κ1) is 10.9. The highest BCUT2D eigenvalue weighted by atomic mass is 16.4. The molecule has 0 aliphatic carbocycles. The number of aromatic amines is 1. The Kier molecular flexibility index (Phi) is 2.87. The lowest BCUT2D eigenvalue weighted by atomic mass is 10.2. The van der Waals surface area contributed by atoms with E-state index < -0.39 is 11.7 Å². The Hall–Kier alpha value is -2.63. The molecule has 0 aliphatic heterocycles. The molecule has 1 aromatic carbocycles. The number of aromatic carboxylic acids is 1. The molecule has 0 aliphatic rings. The van der Waals surface area contributed by atoms with Gasteiger partial charge >= 0.3 is 11.7 Å². The van der Waals surface area contributed by atoms with Crippen molar-refractivity contribution < 1.29 is 9.90 Å². The third-order valence-corrected chi connectivity index (χ3v) is 2.09. The predicted octanol–water partition coefficient (Wildman–Crippen LogP) is 1.21. The first-order chi connectivity index (χ1) is 8.15. The van der Waals surface area contributed by atoms with E-state index in [-0.39, 0.29) is 5.56 Å². The molecule has 1 heterocycles. The van der Waals surface area contributed by atoms with Crippen LogP contribution in [0.2, 0.25) is 0 Å². The Labute approximate surface area is 96.0 Å². The van der Waals surface area contributed by atoms with Gasteiger partial charge in [0.05, 0.1) is 17.4 Å². The number of hydrogen-bond acceptors (Lipinski definition) is 4. The van der Waals surface area contributed by atoms with Gasteiger partial charge in [-0.2, -0.15) is 4.98 Å². The van der Waals surface area contributed by atoms with Crippen molar-refractivity contribution in [3.05, 3.63) is 52.7 Å². The smallest absolute Gasteiger partial charge is 0.345 e. The summed E-state index contributed by atoms with van der Waals surface area (Å²) in [7, 11) is 0. The standard InChI is InChI=1S/C11H9N3O3/c15-10(16)7-1-3-8(4-2-7)14-9-5-12-11(17)13-6-9/h1-6,14H,(H,15,16)(H,12,13,17). The minimum Gasteiger partial charge on any atom is -0.478 e. The SMILES string of the molecule is O=C(O)c1ccc(Nc2cnc(=O)[nH]c2)cc1. The summed E-state index contributed by atoms with van der Waals surface area (Å²) in [4.78, 5) is 27.4. The highest BCUT2D eigenvalue weighted by Crippen LogP contribution is 2.14. The first-order valence-electron chi connectivity index (χ1n) is 4.80. The summed E-state index contributed by atoms with van der Waals surface area (Å²) in [5.41, 5.74) is 1.13. The number of anilines is 2. The molecule has 1 aromatic heterocycles. The van der Waals surface area contributed by atoms with Crippen molar-refractivity contribution in [2.24, 2.45) is 0 Å². The van der Waals surface area contributed by atoms with Crippen LogP contribution in [0.25, 0.3) is 0 Å². The van der Waals surface area contributed by atoms with E-state index >= 15 is 0 Å². The van der Waals surface area contributed by atoms with Crippen LogP contribution in [0.15, 0.2) is 41.5 Å². The van der Waals surface area contributed by atoms with Crippen molar-refractivity contribution in [2.45, 2.75) is 0 Å². The summed E-state index contributed by atoms with van der Waals surface area (Å²) >= 11 is 0. The van der Waals surface area contributed by atoms with Gasteiger partial charge in [-0.15, -0.1) is 0 Å². The number of carbonyl (C=O) groups is 1. The van der Waals surface area contributed by atoms with Crippen LogP contribution in [-0.2, 0) is 0 Å². The summed E-state index contributed by atoms with van der Waals surface area (Å²) in [6.07, 6.45) is 2.88. The van der Waals surface area contributed by atoms with E-state index in [0.29, 0.717) is 11.4 Å². The van der Waals surface area contributed by atoms with Gasteiger partial charge in [0.1, 0.15) is 0 Å². The van der Waals surface area contributed by atoms with Crippen LogP contribution >= 0.6 is 0 Å². The maximum atomic E-state index is 10.7.